The Morgan fingerprint density at radius 2 is 2.05 bits per heavy atom. The fourth-order valence-corrected chi connectivity index (χ4v) is 1.53. The summed E-state index contributed by atoms with van der Waals surface area (Å²) in [7, 11) is 1.25. The van der Waals surface area contributed by atoms with Crippen LogP contribution in [0.4, 0.5) is 9.18 Å². The SMILES string of the molecule is COC(CNC(=O)NCCc1ccccc1F)C(=O)O. The lowest BCUT2D eigenvalue weighted by Gasteiger charge is -2.12. The molecule has 0 aliphatic heterocycles. The molecule has 6 nitrogen and oxygen atoms in total. The van der Waals surface area contributed by atoms with E-state index in [-0.39, 0.29) is 18.9 Å². The van der Waals surface area contributed by atoms with E-state index in [2.05, 4.69) is 15.4 Å². The van der Waals surface area contributed by atoms with Crippen LogP contribution in [0.2, 0.25) is 0 Å². The van der Waals surface area contributed by atoms with Crippen molar-refractivity contribution in [3.05, 3.63) is 35.6 Å². The summed E-state index contributed by atoms with van der Waals surface area (Å²) in [5.41, 5.74) is 0.508. The minimum absolute atomic E-state index is 0.142. The summed E-state index contributed by atoms with van der Waals surface area (Å²) in [5.74, 6) is -1.47. The summed E-state index contributed by atoms with van der Waals surface area (Å²) in [6.45, 7) is 0.106. The number of urea groups is 1. The third-order valence-electron chi connectivity index (χ3n) is 2.65. The summed E-state index contributed by atoms with van der Waals surface area (Å²) >= 11 is 0. The number of methoxy groups -OCH3 is 1. The van der Waals surface area contributed by atoms with Crippen LogP contribution in [0.5, 0.6) is 0 Å². The van der Waals surface area contributed by atoms with Crippen molar-refractivity contribution in [3.8, 4) is 0 Å². The largest absolute Gasteiger partial charge is 0.479 e. The Bertz CT molecular complexity index is 467. The van der Waals surface area contributed by atoms with E-state index in [1.54, 1.807) is 18.2 Å². The van der Waals surface area contributed by atoms with Gasteiger partial charge in [0.05, 0.1) is 6.54 Å². The van der Waals surface area contributed by atoms with Crippen molar-refractivity contribution in [3.63, 3.8) is 0 Å². The van der Waals surface area contributed by atoms with E-state index in [0.29, 0.717) is 12.0 Å². The lowest BCUT2D eigenvalue weighted by molar-refractivity contribution is -0.147. The van der Waals surface area contributed by atoms with Gasteiger partial charge >= 0.3 is 12.0 Å². The Morgan fingerprint density at radius 3 is 2.65 bits per heavy atom. The zero-order chi connectivity index (χ0) is 15.0. The van der Waals surface area contributed by atoms with E-state index in [1.807, 2.05) is 0 Å². The third kappa shape index (κ3) is 5.23. The Labute approximate surface area is 115 Å². The molecular weight excluding hydrogens is 267 g/mol. The van der Waals surface area contributed by atoms with Crippen molar-refractivity contribution in [2.45, 2.75) is 12.5 Å². The van der Waals surface area contributed by atoms with Crippen LogP contribution in [-0.2, 0) is 16.0 Å². The zero-order valence-corrected chi connectivity index (χ0v) is 11.1. The van der Waals surface area contributed by atoms with Crippen molar-refractivity contribution in [1.82, 2.24) is 10.6 Å². The van der Waals surface area contributed by atoms with Gasteiger partial charge in [-0.1, -0.05) is 18.2 Å². The van der Waals surface area contributed by atoms with Gasteiger partial charge in [0.15, 0.2) is 6.10 Å². The second kappa shape index (κ2) is 8.11. The van der Waals surface area contributed by atoms with Gasteiger partial charge in [0.1, 0.15) is 5.82 Å². The number of rotatable bonds is 7. The Balaban J connectivity index is 2.27. The smallest absolute Gasteiger partial charge is 0.334 e. The molecule has 0 spiro atoms. The molecule has 1 atom stereocenters. The molecule has 1 aromatic carbocycles. The van der Waals surface area contributed by atoms with Crippen molar-refractivity contribution < 1.29 is 23.8 Å². The molecule has 1 unspecified atom stereocenters. The molecule has 0 aromatic heterocycles. The van der Waals surface area contributed by atoms with Crippen molar-refractivity contribution in [2.75, 3.05) is 20.2 Å². The van der Waals surface area contributed by atoms with Crippen LogP contribution in [0, 0.1) is 5.82 Å². The maximum Gasteiger partial charge on any atom is 0.334 e. The molecule has 20 heavy (non-hydrogen) atoms. The van der Waals surface area contributed by atoms with E-state index < -0.39 is 18.1 Å². The average Bonchev–Trinajstić information content (AvgIpc) is 2.41. The number of carbonyl (C=O) groups is 2. The quantitative estimate of drug-likeness (QED) is 0.690. The fourth-order valence-electron chi connectivity index (χ4n) is 1.53. The van der Waals surface area contributed by atoms with Crippen molar-refractivity contribution in [1.29, 1.82) is 0 Å². The highest BCUT2D eigenvalue weighted by Gasteiger charge is 2.16. The van der Waals surface area contributed by atoms with E-state index in [1.165, 1.54) is 13.2 Å². The molecule has 3 N–H and O–H groups in total. The van der Waals surface area contributed by atoms with Gasteiger partial charge in [0.2, 0.25) is 0 Å². The Hall–Kier alpha value is -2.15. The second-order valence-corrected chi connectivity index (χ2v) is 4.04. The molecule has 0 aliphatic carbocycles. The minimum Gasteiger partial charge on any atom is -0.479 e. The highest BCUT2D eigenvalue weighted by molar-refractivity contribution is 5.76. The highest BCUT2D eigenvalue weighted by atomic mass is 19.1. The standard InChI is InChI=1S/C13H17FN2O4/c1-20-11(12(17)18)8-16-13(19)15-7-6-9-4-2-3-5-10(9)14/h2-5,11H,6-8H2,1H3,(H,17,18)(H2,15,16,19). The van der Waals surface area contributed by atoms with E-state index in [0.717, 1.165) is 0 Å². The average molecular weight is 284 g/mol. The molecule has 7 heteroatoms. The van der Waals surface area contributed by atoms with Gasteiger partial charge in [-0.2, -0.15) is 0 Å². The highest BCUT2D eigenvalue weighted by Crippen LogP contribution is 2.05. The molecule has 0 bridgehead atoms. The van der Waals surface area contributed by atoms with Gasteiger partial charge in [-0.05, 0) is 18.1 Å². The molecule has 1 aromatic rings. The number of benzene rings is 1. The first-order valence-corrected chi connectivity index (χ1v) is 6.05. The maximum absolute atomic E-state index is 13.3. The number of nitrogens with one attached hydrogen (secondary N) is 2. The summed E-state index contributed by atoms with van der Waals surface area (Å²) < 4.78 is 18.0. The predicted molar refractivity (Wildman–Crippen MR) is 69.9 cm³/mol. The number of aliphatic carboxylic acids is 1. The Morgan fingerprint density at radius 1 is 1.35 bits per heavy atom. The van der Waals surface area contributed by atoms with Crippen LogP contribution >= 0.6 is 0 Å². The number of halogens is 1. The summed E-state index contributed by atoms with van der Waals surface area (Å²) in [6.07, 6.45) is -0.737. The van der Waals surface area contributed by atoms with Crippen LogP contribution in [0.1, 0.15) is 5.56 Å². The third-order valence-corrected chi connectivity index (χ3v) is 2.65. The number of amides is 2. The summed E-state index contributed by atoms with van der Waals surface area (Å²) in [4.78, 5) is 22.0. The van der Waals surface area contributed by atoms with Gasteiger partial charge in [0, 0.05) is 13.7 Å². The lowest BCUT2D eigenvalue weighted by Crippen LogP contribution is -2.43. The molecular formula is C13H17FN2O4. The van der Waals surface area contributed by atoms with E-state index >= 15 is 0 Å². The summed E-state index contributed by atoms with van der Waals surface area (Å²) in [5, 5.41) is 13.6. The maximum atomic E-state index is 13.3. The molecule has 0 radical (unpaired) electrons. The topological polar surface area (TPSA) is 87.7 Å². The normalized spacial score (nSPS) is 11.7. The molecule has 0 aliphatic rings. The minimum atomic E-state index is -1.15. The molecule has 0 saturated heterocycles. The van der Waals surface area contributed by atoms with Crippen LogP contribution < -0.4 is 10.6 Å². The molecule has 0 saturated carbocycles. The number of carbonyl (C=O) groups excluding carboxylic acids is 1. The fraction of sp³-hybridized carbons (Fsp3) is 0.385. The summed E-state index contributed by atoms with van der Waals surface area (Å²) in [6, 6.07) is 5.78. The predicted octanol–water partition coefficient (Wildman–Crippen LogP) is 0.767. The van der Waals surface area contributed by atoms with E-state index in [4.69, 9.17) is 5.11 Å². The monoisotopic (exact) mass is 284 g/mol. The van der Waals surface area contributed by atoms with Gasteiger partial charge in [0.25, 0.3) is 0 Å². The van der Waals surface area contributed by atoms with Crippen LogP contribution in [0.25, 0.3) is 0 Å². The molecule has 1 rings (SSSR count). The van der Waals surface area contributed by atoms with Gasteiger partial charge in [-0.3, -0.25) is 0 Å². The molecule has 110 valence electrons. The number of carboxylic acids is 1. The van der Waals surface area contributed by atoms with Crippen molar-refractivity contribution >= 4 is 12.0 Å². The first kappa shape index (κ1) is 15.9. The first-order valence-electron chi connectivity index (χ1n) is 6.05. The first-order chi connectivity index (χ1) is 9.54. The van der Waals surface area contributed by atoms with Gasteiger partial charge < -0.3 is 20.5 Å². The number of hydrogen-bond donors (Lipinski definition) is 3. The molecule has 0 heterocycles. The number of hydrogen-bond acceptors (Lipinski definition) is 3. The van der Waals surface area contributed by atoms with Crippen molar-refractivity contribution in [2.24, 2.45) is 0 Å². The van der Waals surface area contributed by atoms with Gasteiger partial charge in [-0.15, -0.1) is 0 Å². The zero-order valence-electron chi connectivity index (χ0n) is 11.1. The Kier molecular flexibility index (Phi) is 6.45. The number of ether oxygens (including phenoxy) is 1. The van der Waals surface area contributed by atoms with Crippen LogP contribution in [0.3, 0.4) is 0 Å². The molecule has 0 fully saturated rings. The molecule has 2 amide bonds. The second-order valence-electron chi connectivity index (χ2n) is 4.04. The van der Waals surface area contributed by atoms with Gasteiger partial charge in [-0.25, -0.2) is 14.0 Å². The lowest BCUT2D eigenvalue weighted by atomic mass is 10.1. The number of carboxylic acid groups (broad SMARTS) is 1. The van der Waals surface area contributed by atoms with Crippen LogP contribution in [-0.4, -0.2) is 43.4 Å². The van der Waals surface area contributed by atoms with Crippen LogP contribution in [0.15, 0.2) is 24.3 Å². The van der Waals surface area contributed by atoms with E-state index in [9.17, 15) is 14.0 Å².